The van der Waals surface area contributed by atoms with Crippen molar-refractivity contribution in [1.82, 2.24) is 19.7 Å². The van der Waals surface area contributed by atoms with Crippen molar-refractivity contribution in [3.8, 4) is 17.0 Å². The van der Waals surface area contributed by atoms with Crippen LogP contribution in [0.15, 0.2) is 45.9 Å². The second kappa shape index (κ2) is 6.45. The van der Waals surface area contributed by atoms with Crippen LogP contribution >= 0.6 is 0 Å². The van der Waals surface area contributed by atoms with Gasteiger partial charge in [-0.05, 0) is 45.0 Å². The molecule has 1 saturated heterocycles. The number of hydrogen-bond acceptors (Lipinski definition) is 6. The number of benzene rings is 1. The molecule has 4 heterocycles. The van der Waals surface area contributed by atoms with Crippen molar-refractivity contribution in [2.75, 3.05) is 13.1 Å². The van der Waals surface area contributed by atoms with Crippen LogP contribution in [0.3, 0.4) is 0 Å². The maximum atomic E-state index is 12.6. The molecule has 0 spiro atoms. The van der Waals surface area contributed by atoms with Gasteiger partial charge in [-0.1, -0.05) is 0 Å². The minimum Gasteiger partial charge on any atom is -0.489 e. The molecule has 0 aliphatic carbocycles. The van der Waals surface area contributed by atoms with Crippen LogP contribution in [0.2, 0.25) is 0 Å². The van der Waals surface area contributed by atoms with Crippen LogP contribution in [0.4, 0.5) is 0 Å². The van der Waals surface area contributed by atoms with Crippen LogP contribution in [0.1, 0.15) is 17.8 Å². The van der Waals surface area contributed by atoms with Gasteiger partial charge in [0.05, 0.1) is 22.6 Å². The van der Waals surface area contributed by atoms with Gasteiger partial charge >= 0.3 is 5.63 Å². The number of imidazole rings is 1. The Morgan fingerprint density at radius 3 is 2.93 bits per heavy atom. The molecule has 1 aliphatic rings. The van der Waals surface area contributed by atoms with Crippen molar-refractivity contribution in [3.05, 3.63) is 58.5 Å². The molecule has 1 unspecified atom stereocenters. The number of rotatable bonds is 3. The van der Waals surface area contributed by atoms with E-state index in [0.717, 1.165) is 41.9 Å². The van der Waals surface area contributed by atoms with E-state index < -0.39 is 5.63 Å². The summed E-state index contributed by atoms with van der Waals surface area (Å²) >= 11 is 0. The quantitative estimate of drug-likeness (QED) is 0.554. The second-order valence-electron chi connectivity index (χ2n) is 7.20. The standard InChI is InChI=1S/C21H20N4O3/c1-12-10-25-11-18(24-20(25)13(2)23-12)17-7-14-3-4-15(8-19(14)28-21(17)26)27-16-5-6-22-9-16/h3-4,7-8,10-11,16,22H,5-6,9H2,1-2H3. The number of nitrogens with one attached hydrogen (secondary N) is 1. The third kappa shape index (κ3) is 2.93. The summed E-state index contributed by atoms with van der Waals surface area (Å²) in [6.45, 7) is 5.63. The van der Waals surface area contributed by atoms with Crippen LogP contribution in [-0.4, -0.2) is 33.6 Å². The fourth-order valence-corrected chi connectivity index (χ4v) is 3.70. The monoisotopic (exact) mass is 376 g/mol. The second-order valence-corrected chi connectivity index (χ2v) is 7.20. The summed E-state index contributed by atoms with van der Waals surface area (Å²) in [5.74, 6) is 0.710. The van der Waals surface area contributed by atoms with Crippen LogP contribution in [0.5, 0.6) is 5.75 Å². The number of fused-ring (bicyclic) bond motifs is 2. The van der Waals surface area contributed by atoms with E-state index in [1.54, 1.807) is 6.07 Å². The topological polar surface area (TPSA) is 81.7 Å². The lowest BCUT2D eigenvalue weighted by Crippen LogP contribution is -2.19. The van der Waals surface area contributed by atoms with Gasteiger partial charge in [-0.2, -0.15) is 0 Å². The van der Waals surface area contributed by atoms with Crippen LogP contribution < -0.4 is 15.7 Å². The van der Waals surface area contributed by atoms with E-state index in [9.17, 15) is 4.79 Å². The summed E-state index contributed by atoms with van der Waals surface area (Å²) in [7, 11) is 0. The van der Waals surface area contributed by atoms with Crippen molar-refractivity contribution in [3.63, 3.8) is 0 Å². The van der Waals surface area contributed by atoms with Gasteiger partial charge in [-0.15, -0.1) is 0 Å². The molecule has 28 heavy (non-hydrogen) atoms. The summed E-state index contributed by atoms with van der Waals surface area (Å²) in [4.78, 5) is 21.7. The summed E-state index contributed by atoms with van der Waals surface area (Å²) in [6.07, 6.45) is 4.85. The van der Waals surface area contributed by atoms with E-state index in [1.807, 2.05) is 48.8 Å². The number of aromatic nitrogens is 3. The molecule has 142 valence electrons. The first kappa shape index (κ1) is 16.9. The Kier molecular flexibility index (Phi) is 3.91. The van der Waals surface area contributed by atoms with E-state index in [1.165, 1.54) is 0 Å². The Balaban J connectivity index is 1.56. The summed E-state index contributed by atoms with van der Waals surface area (Å²) in [5.41, 5.74) is 3.54. The molecule has 0 radical (unpaired) electrons. The van der Waals surface area contributed by atoms with Crippen molar-refractivity contribution in [1.29, 1.82) is 0 Å². The summed E-state index contributed by atoms with van der Waals surface area (Å²) in [5, 5.41) is 4.10. The van der Waals surface area contributed by atoms with Crippen LogP contribution in [-0.2, 0) is 0 Å². The fraction of sp³-hybridized carbons (Fsp3) is 0.286. The highest BCUT2D eigenvalue weighted by Gasteiger charge is 2.17. The molecule has 1 N–H and O–H groups in total. The van der Waals surface area contributed by atoms with Crippen LogP contribution in [0, 0.1) is 13.8 Å². The van der Waals surface area contributed by atoms with Gasteiger partial charge in [0.1, 0.15) is 17.4 Å². The Bertz CT molecular complexity index is 1250. The zero-order valence-electron chi connectivity index (χ0n) is 15.7. The smallest absolute Gasteiger partial charge is 0.345 e. The van der Waals surface area contributed by atoms with Gasteiger partial charge in [-0.3, -0.25) is 4.98 Å². The Hall–Kier alpha value is -3.19. The predicted molar refractivity (Wildman–Crippen MR) is 106 cm³/mol. The maximum Gasteiger partial charge on any atom is 0.345 e. The van der Waals surface area contributed by atoms with Crippen molar-refractivity contribution < 1.29 is 9.15 Å². The zero-order valence-corrected chi connectivity index (χ0v) is 15.7. The molecule has 5 rings (SSSR count). The molecule has 3 aromatic heterocycles. The SMILES string of the molecule is Cc1cn2cc(-c3cc4ccc(OC5CCNC5)cc4oc3=O)nc2c(C)n1. The molecule has 0 amide bonds. The van der Waals surface area contributed by atoms with E-state index in [4.69, 9.17) is 9.15 Å². The Morgan fingerprint density at radius 1 is 1.21 bits per heavy atom. The molecule has 4 aromatic rings. The van der Waals surface area contributed by atoms with E-state index in [2.05, 4.69) is 15.3 Å². The number of ether oxygens (including phenoxy) is 1. The first-order valence-electron chi connectivity index (χ1n) is 9.35. The fourth-order valence-electron chi connectivity index (χ4n) is 3.70. The normalized spacial score (nSPS) is 16.9. The summed E-state index contributed by atoms with van der Waals surface area (Å²) < 4.78 is 13.4. The molecule has 7 heteroatoms. The molecule has 1 aromatic carbocycles. The van der Waals surface area contributed by atoms with Gasteiger partial charge in [0.15, 0.2) is 5.65 Å². The predicted octanol–water partition coefficient (Wildman–Crippen LogP) is 2.86. The van der Waals surface area contributed by atoms with Crippen molar-refractivity contribution >= 4 is 16.6 Å². The first-order valence-corrected chi connectivity index (χ1v) is 9.35. The average Bonchev–Trinajstić information content (AvgIpc) is 3.30. The third-order valence-electron chi connectivity index (χ3n) is 5.03. The molecule has 1 fully saturated rings. The van der Waals surface area contributed by atoms with E-state index in [0.29, 0.717) is 22.6 Å². The van der Waals surface area contributed by atoms with E-state index >= 15 is 0 Å². The highest BCUT2D eigenvalue weighted by Crippen LogP contribution is 2.26. The van der Waals surface area contributed by atoms with Gasteiger partial charge in [0.25, 0.3) is 0 Å². The maximum absolute atomic E-state index is 12.6. The molecule has 0 bridgehead atoms. The minimum absolute atomic E-state index is 0.154. The van der Waals surface area contributed by atoms with Crippen molar-refractivity contribution in [2.45, 2.75) is 26.4 Å². The first-order chi connectivity index (χ1) is 13.6. The van der Waals surface area contributed by atoms with E-state index in [-0.39, 0.29) is 6.10 Å². The largest absolute Gasteiger partial charge is 0.489 e. The molecule has 1 aliphatic heterocycles. The average molecular weight is 376 g/mol. The lowest BCUT2D eigenvalue weighted by atomic mass is 10.1. The Labute approximate surface area is 161 Å². The number of nitrogens with zero attached hydrogens (tertiary/aromatic N) is 3. The molecule has 0 saturated carbocycles. The lowest BCUT2D eigenvalue weighted by molar-refractivity contribution is 0.223. The molecule has 7 nitrogen and oxygen atoms in total. The highest BCUT2D eigenvalue weighted by molar-refractivity contribution is 5.82. The minimum atomic E-state index is -0.419. The van der Waals surface area contributed by atoms with Crippen molar-refractivity contribution in [2.24, 2.45) is 0 Å². The molecular formula is C21H20N4O3. The zero-order chi connectivity index (χ0) is 19.3. The van der Waals surface area contributed by atoms with Gasteiger partial charge < -0.3 is 18.9 Å². The molecular weight excluding hydrogens is 356 g/mol. The molecule has 1 atom stereocenters. The Morgan fingerprint density at radius 2 is 2.11 bits per heavy atom. The summed E-state index contributed by atoms with van der Waals surface area (Å²) in [6, 6.07) is 7.41. The van der Waals surface area contributed by atoms with Gasteiger partial charge in [0.2, 0.25) is 0 Å². The third-order valence-corrected chi connectivity index (χ3v) is 5.03. The highest BCUT2D eigenvalue weighted by atomic mass is 16.5. The van der Waals surface area contributed by atoms with Gasteiger partial charge in [0, 0.05) is 30.4 Å². The van der Waals surface area contributed by atoms with Gasteiger partial charge in [-0.25, -0.2) is 9.78 Å². The number of hydrogen-bond donors (Lipinski definition) is 1. The number of aryl methyl sites for hydroxylation is 2. The van der Waals surface area contributed by atoms with Crippen LogP contribution in [0.25, 0.3) is 27.9 Å². The lowest BCUT2D eigenvalue weighted by Gasteiger charge is -2.12.